The Bertz CT molecular complexity index is 957. The van der Waals surface area contributed by atoms with Crippen LogP contribution in [0.3, 0.4) is 0 Å². The third-order valence-corrected chi connectivity index (χ3v) is 5.05. The molecule has 0 aliphatic rings. The highest BCUT2D eigenvalue weighted by Gasteiger charge is 2.22. The average Bonchev–Trinajstić information content (AvgIpc) is 2.78. The summed E-state index contributed by atoms with van der Waals surface area (Å²) in [6.07, 6.45) is 0. The van der Waals surface area contributed by atoms with Gasteiger partial charge in [0.2, 0.25) is 0 Å². The van der Waals surface area contributed by atoms with Crippen molar-refractivity contribution in [3.8, 4) is 22.6 Å². The molecular formula is C25H29N2O3+. The van der Waals surface area contributed by atoms with E-state index in [1.54, 1.807) is 7.11 Å². The number of carbonyl (C=O) groups is 1. The normalized spacial score (nSPS) is 11.7. The van der Waals surface area contributed by atoms with E-state index < -0.39 is 0 Å². The fourth-order valence-corrected chi connectivity index (χ4v) is 3.44. The maximum atomic E-state index is 12.5. The molecule has 0 fully saturated rings. The number of methoxy groups -OCH3 is 1. The quantitative estimate of drug-likeness (QED) is 0.576. The lowest BCUT2D eigenvalue weighted by atomic mass is 10.0. The third-order valence-electron chi connectivity index (χ3n) is 5.05. The first-order chi connectivity index (χ1) is 14.6. The maximum absolute atomic E-state index is 12.5. The van der Waals surface area contributed by atoms with Crippen LogP contribution in [0.5, 0.6) is 11.5 Å². The van der Waals surface area contributed by atoms with E-state index in [1.165, 1.54) is 4.90 Å². The molecule has 5 nitrogen and oxygen atoms in total. The Labute approximate surface area is 178 Å². The van der Waals surface area contributed by atoms with Crippen molar-refractivity contribution in [2.45, 2.75) is 6.04 Å². The van der Waals surface area contributed by atoms with Gasteiger partial charge in [-0.1, -0.05) is 60.7 Å². The van der Waals surface area contributed by atoms with Crippen molar-refractivity contribution in [1.82, 2.24) is 5.32 Å². The standard InChI is InChI=1S/C25H28N2O3/c1-27(2)22(21-14-8-9-15-23(21)29-3)17-26-25(28)18-30-24-16-10-7-13-20(24)19-11-5-4-6-12-19/h4-16,22H,17-18H2,1-3H3,(H,26,28)/p+1/t22-/m0/s1. The van der Waals surface area contributed by atoms with Gasteiger partial charge in [-0.2, -0.15) is 0 Å². The van der Waals surface area contributed by atoms with Gasteiger partial charge >= 0.3 is 0 Å². The highest BCUT2D eigenvalue weighted by atomic mass is 16.5. The second kappa shape index (κ2) is 10.5. The average molecular weight is 406 g/mol. The van der Waals surface area contributed by atoms with Crippen LogP contribution in [-0.4, -0.2) is 40.3 Å². The van der Waals surface area contributed by atoms with E-state index in [-0.39, 0.29) is 18.6 Å². The van der Waals surface area contributed by atoms with Crippen LogP contribution in [0.15, 0.2) is 78.9 Å². The minimum Gasteiger partial charge on any atom is -0.496 e. The molecule has 3 aromatic rings. The van der Waals surface area contributed by atoms with E-state index in [2.05, 4.69) is 19.4 Å². The first-order valence-electron chi connectivity index (χ1n) is 10.1. The number of benzene rings is 3. The minimum absolute atomic E-state index is 0.0365. The number of likely N-dealkylation sites (N-methyl/N-ethyl adjacent to an activating group) is 1. The molecule has 3 aromatic carbocycles. The Kier molecular flexibility index (Phi) is 7.46. The molecular weight excluding hydrogens is 376 g/mol. The molecule has 30 heavy (non-hydrogen) atoms. The van der Waals surface area contributed by atoms with Gasteiger partial charge in [0.05, 0.1) is 33.3 Å². The van der Waals surface area contributed by atoms with Crippen molar-refractivity contribution >= 4 is 5.91 Å². The summed E-state index contributed by atoms with van der Waals surface area (Å²) in [7, 11) is 5.79. The number of ether oxygens (including phenoxy) is 2. The van der Waals surface area contributed by atoms with Crippen molar-refractivity contribution in [2.24, 2.45) is 0 Å². The summed E-state index contributed by atoms with van der Waals surface area (Å²) < 4.78 is 11.3. The fraction of sp³-hybridized carbons (Fsp3) is 0.240. The second-order valence-electron chi connectivity index (χ2n) is 7.33. The van der Waals surface area contributed by atoms with Crippen LogP contribution in [0, 0.1) is 0 Å². The molecule has 2 N–H and O–H groups in total. The van der Waals surface area contributed by atoms with E-state index in [4.69, 9.17) is 9.47 Å². The molecule has 0 aliphatic heterocycles. The Hall–Kier alpha value is -3.31. The van der Waals surface area contributed by atoms with Crippen LogP contribution in [-0.2, 0) is 4.79 Å². The number of hydrogen-bond acceptors (Lipinski definition) is 3. The Morgan fingerprint density at radius 2 is 1.53 bits per heavy atom. The van der Waals surface area contributed by atoms with Gasteiger partial charge < -0.3 is 19.7 Å². The Morgan fingerprint density at radius 3 is 2.23 bits per heavy atom. The minimum atomic E-state index is -0.154. The van der Waals surface area contributed by atoms with Gasteiger partial charge in [0.25, 0.3) is 5.91 Å². The second-order valence-corrected chi connectivity index (χ2v) is 7.33. The van der Waals surface area contributed by atoms with E-state index in [1.807, 2.05) is 78.9 Å². The topological polar surface area (TPSA) is 52.0 Å². The maximum Gasteiger partial charge on any atom is 0.258 e. The number of amides is 1. The van der Waals surface area contributed by atoms with Crippen molar-refractivity contribution in [2.75, 3.05) is 34.4 Å². The van der Waals surface area contributed by atoms with E-state index in [0.717, 1.165) is 22.4 Å². The molecule has 3 rings (SSSR count). The van der Waals surface area contributed by atoms with E-state index >= 15 is 0 Å². The van der Waals surface area contributed by atoms with E-state index in [9.17, 15) is 4.79 Å². The Balaban J connectivity index is 1.63. The third kappa shape index (κ3) is 5.39. The summed E-state index contributed by atoms with van der Waals surface area (Å²) in [5.74, 6) is 1.36. The molecule has 5 heteroatoms. The molecule has 0 saturated heterocycles. The summed E-state index contributed by atoms with van der Waals surface area (Å²) >= 11 is 0. The lowest BCUT2D eigenvalue weighted by molar-refractivity contribution is -0.890. The molecule has 0 heterocycles. The molecule has 1 atom stereocenters. The van der Waals surface area contributed by atoms with Crippen LogP contribution >= 0.6 is 0 Å². The number of rotatable bonds is 9. The smallest absolute Gasteiger partial charge is 0.258 e. The van der Waals surface area contributed by atoms with Crippen LogP contribution in [0.1, 0.15) is 11.6 Å². The Morgan fingerprint density at radius 1 is 0.900 bits per heavy atom. The molecule has 0 bridgehead atoms. The highest BCUT2D eigenvalue weighted by Crippen LogP contribution is 2.29. The van der Waals surface area contributed by atoms with Crippen molar-refractivity contribution in [3.05, 3.63) is 84.4 Å². The van der Waals surface area contributed by atoms with Crippen LogP contribution in [0.25, 0.3) is 11.1 Å². The molecule has 0 radical (unpaired) electrons. The molecule has 156 valence electrons. The van der Waals surface area contributed by atoms with Crippen molar-refractivity contribution < 1.29 is 19.2 Å². The van der Waals surface area contributed by atoms with Crippen LogP contribution in [0.4, 0.5) is 0 Å². The van der Waals surface area contributed by atoms with Gasteiger partial charge in [-0.05, 0) is 23.8 Å². The molecule has 0 unspecified atom stereocenters. The summed E-state index contributed by atoms with van der Waals surface area (Å²) in [5.41, 5.74) is 3.09. The van der Waals surface area contributed by atoms with Gasteiger partial charge in [0.15, 0.2) is 6.61 Å². The summed E-state index contributed by atoms with van der Waals surface area (Å²) in [6.45, 7) is 0.455. The first kappa shape index (κ1) is 21.4. The summed E-state index contributed by atoms with van der Waals surface area (Å²) in [6, 6.07) is 25.7. The number of hydrogen-bond donors (Lipinski definition) is 2. The van der Waals surface area contributed by atoms with Gasteiger partial charge in [-0.3, -0.25) is 4.79 Å². The zero-order chi connectivity index (χ0) is 21.3. The number of nitrogens with one attached hydrogen (secondary N) is 2. The van der Waals surface area contributed by atoms with Gasteiger partial charge in [0, 0.05) is 5.56 Å². The molecule has 0 aliphatic carbocycles. The number of carbonyl (C=O) groups excluding carboxylic acids is 1. The van der Waals surface area contributed by atoms with Gasteiger partial charge in [-0.15, -0.1) is 0 Å². The van der Waals surface area contributed by atoms with Gasteiger partial charge in [-0.25, -0.2) is 0 Å². The zero-order valence-corrected chi connectivity index (χ0v) is 17.7. The predicted molar refractivity (Wildman–Crippen MR) is 119 cm³/mol. The van der Waals surface area contributed by atoms with Crippen molar-refractivity contribution in [3.63, 3.8) is 0 Å². The molecule has 0 spiro atoms. The largest absolute Gasteiger partial charge is 0.496 e. The lowest BCUT2D eigenvalue weighted by Crippen LogP contribution is -3.07. The molecule has 1 amide bonds. The summed E-state index contributed by atoms with van der Waals surface area (Å²) in [4.78, 5) is 13.7. The van der Waals surface area contributed by atoms with E-state index in [0.29, 0.717) is 12.3 Å². The SMILES string of the molecule is COc1ccccc1[C@H](CNC(=O)COc1ccccc1-c1ccccc1)[NH+](C)C. The molecule has 0 saturated carbocycles. The zero-order valence-electron chi connectivity index (χ0n) is 17.7. The fourth-order valence-electron chi connectivity index (χ4n) is 3.44. The van der Waals surface area contributed by atoms with Crippen LogP contribution in [0.2, 0.25) is 0 Å². The van der Waals surface area contributed by atoms with Crippen LogP contribution < -0.4 is 19.7 Å². The monoisotopic (exact) mass is 405 g/mol. The van der Waals surface area contributed by atoms with Gasteiger partial charge in [0.1, 0.15) is 17.5 Å². The summed E-state index contributed by atoms with van der Waals surface area (Å²) in [5, 5.41) is 3.00. The number of para-hydroxylation sites is 2. The highest BCUT2D eigenvalue weighted by molar-refractivity contribution is 5.78. The number of quaternary nitrogens is 1. The predicted octanol–water partition coefficient (Wildman–Crippen LogP) is 2.74. The van der Waals surface area contributed by atoms with Crippen molar-refractivity contribution in [1.29, 1.82) is 0 Å². The lowest BCUT2D eigenvalue weighted by Gasteiger charge is -2.23. The molecule has 0 aromatic heterocycles. The first-order valence-corrected chi connectivity index (χ1v) is 10.1.